The monoisotopic (exact) mass is 231 g/mol. The molecule has 0 saturated carbocycles. The molecule has 0 heterocycles. The molecular formula is C10H11F2NO3. The maximum absolute atomic E-state index is 13.1. The molecule has 0 unspecified atom stereocenters. The lowest BCUT2D eigenvalue weighted by Gasteiger charge is -2.22. The molecule has 0 aliphatic heterocycles. The fraction of sp³-hybridized carbons (Fsp3) is 0.300. The van der Waals surface area contributed by atoms with Gasteiger partial charge in [0.1, 0.15) is 6.61 Å². The van der Waals surface area contributed by atoms with Crippen molar-refractivity contribution >= 4 is 5.97 Å². The first kappa shape index (κ1) is 12.5. The van der Waals surface area contributed by atoms with Crippen molar-refractivity contribution in [3.8, 4) is 0 Å². The minimum absolute atomic E-state index is 0.200. The molecule has 88 valence electrons. The highest BCUT2D eigenvalue weighted by Gasteiger charge is 2.38. The lowest BCUT2D eigenvalue weighted by molar-refractivity contribution is -0.0713. The molecule has 0 spiro atoms. The van der Waals surface area contributed by atoms with Crippen LogP contribution < -0.4 is 5.73 Å². The van der Waals surface area contributed by atoms with Crippen molar-refractivity contribution in [3.63, 3.8) is 0 Å². The number of benzene rings is 1. The molecule has 1 rings (SSSR count). The van der Waals surface area contributed by atoms with Crippen molar-refractivity contribution in [2.24, 2.45) is 5.73 Å². The number of carboxylic acid groups (broad SMARTS) is 1. The number of carbonyl (C=O) groups is 1. The molecule has 0 radical (unpaired) electrons. The average Bonchev–Trinajstić information content (AvgIpc) is 2.28. The van der Waals surface area contributed by atoms with E-state index < -0.39 is 24.5 Å². The molecule has 0 aromatic heterocycles. The molecule has 1 aromatic rings. The summed E-state index contributed by atoms with van der Waals surface area (Å²) in [6.45, 7) is -1.43. The second-order valence-electron chi connectivity index (χ2n) is 3.29. The van der Waals surface area contributed by atoms with E-state index in [1.807, 2.05) is 0 Å². The van der Waals surface area contributed by atoms with Gasteiger partial charge in [-0.15, -0.1) is 0 Å². The lowest BCUT2D eigenvalue weighted by atomic mass is 9.96. The summed E-state index contributed by atoms with van der Waals surface area (Å²) in [5.74, 6) is -4.88. The van der Waals surface area contributed by atoms with Crippen molar-refractivity contribution < 1.29 is 23.8 Å². The molecule has 0 fully saturated rings. The van der Waals surface area contributed by atoms with Crippen molar-refractivity contribution in [3.05, 3.63) is 35.4 Å². The molecular weight excluding hydrogens is 220 g/mol. The summed E-state index contributed by atoms with van der Waals surface area (Å²) < 4.78 is 26.2. The van der Waals surface area contributed by atoms with Gasteiger partial charge in [0, 0.05) is 0 Å². The van der Waals surface area contributed by atoms with Gasteiger partial charge in [-0.3, -0.25) is 0 Å². The van der Waals surface area contributed by atoms with Gasteiger partial charge in [-0.2, -0.15) is 0 Å². The predicted molar refractivity (Wildman–Crippen MR) is 52.4 cm³/mol. The van der Waals surface area contributed by atoms with Gasteiger partial charge in [0.2, 0.25) is 0 Å². The van der Waals surface area contributed by atoms with Gasteiger partial charge < -0.3 is 15.9 Å². The van der Waals surface area contributed by atoms with Crippen LogP contribution in [0, 0.1) is 0 Å². The van der Waals surface area contributed by atoms with Crippen LogP contribution >= 0.6 is 0 Å². The molecule has 1 aromatic carbocycles. The summed E-state index contributed by atoms with van der Waals surface area (Å²) in [6, 6.07) is 3.37. The smallest absolute Gasteiger partial charge is 0.336 e. The molecule has 6 heteroatoms. The highest BCUT2D eigenvalue weighted by atomic mass is 19.3. The Labute approximate surface area is 90.3 Å². The van der Waals surface area contributed by atoms with Gasteiger partial charge in [0.25, 0.3) is 5.92 Å². The standard InChI is InChI=1S/C10H11F2NO3/c11-10(12,5-14)8(13)6-3-1-2-4-7(6)9(15)16/h1-4,8,14H,5,13H2,(H,15,16)/t8-/m1/s1. The second kappa shape index (κ2) is 4.54. The van der Waals surface area contributed by atoms with Gasteiger partial charge in [-0.1, -0.05) is 18.2 Å². The van der Waals surface area contributed by atoms with Crippen LogP contribution in [0.2, 0.25) is 0 Å². The predicted octanol–water partition coefficient (Wildman–Crippen LogP) is 1.01. The maximum atomic E-state index is 13.1. The second-order valence-corrected chi connectivity index (χ2v) is 3.29. The highest BCUT2D eigenvalue weighted by molar-refractivity contribution is 5.89. The number of alkyl halides is 2. The molecule has 4 nitrogen and oxygen atoms in total. The van der Waals surface area contributed by atoms with E-state index in [-0.39, 0.29) is 11.1 Å². The Balaban J connectivity index is 3.18. The zero-order valence-electron chi connectivity index (χ0n) is 8.23. The van der Waals surface area contributed by atoms with Gasteiger partial charge in [0.15, 0.2) is 0 Å². The number of hydrogen-bond donors (Lipinski definition) is 3. The zero-order valence-corrected chi connectivity index (χ0v) is 8.23. The first-order valence-electron chi connectivity index (χ1n) is 4.46. The zero-order chi connectivity index (χ0) is 12.3. The van der Waals surface area contributed by atoms with E-state index in [0.717, 1.165) is 0 Å². The Hall–Kier alpha value is -1.53. The number of hydrogen-bond acceptors (Lipinski definition) is 3. The van der Waals surface area contributed by atoms with Gasteiger partial charge in [0.05, 0.1) is 11.6 Å². The molecule has 0 amide bonds. The number of aliphatic hydroxyl groups excluding tert-OH is 1. The van der Waals surface area contributed by atoms with Crippen LogP contribution in [-0.2, 0) is 0 Å². The summed E-state index contributed by atoms with van der Waals surface area (Å²) in [5.41, 5.74) is 4.76. The fourth-order valence-corrected chi connectivity index (χ4v) is 1.29. The highest BCUT2D eigenvalue weighted by Crippen LogP contribution is 2.30. The topological polar surface area (TPSA) is 83.6 Å². The third-order valence-corrected chi connectivity index (χ3v) is 2.19. The summed E-state index contributed by atoms with van der Waals surface area (Å²) in [6.07, 6.45) is 0. The Kier molecular flexibility index (Phi) is 3.56. The van der Waals surface area contributed by atoms with E-state index in [0.29, 0.717) is 0 Å². The molecule has 0 aliphatic rings. The summed E-state index contributed by atoms with van der Waals surface area (Å²) in [5, 5.41) is 17.3. The van der Waals surface area contributed by atoms with Crippen LogP contribution in [0.4, 0.5) is 8.78 Å². The van der Waals surface area contributed by atoms with Crippen LogP contribution in [0.3, 0.4) is 0 Å². The number of carboxylic acids is 1. The number of aromatic carboxylic acids is 1. The Morgan fingerprint density at radius 3 is 2.50 bits per heavy atom. The van der Waals surface area contributed by atoms with Gasteiger partial charge in [-0.25, -0.2) is 13.6 Å². The summed E-state index contributed by atoms with van der Waals surface area (Å²) >= 11 is 0. The van der Waals surface area contributed by atoms with E-state index in [4.69, 9.17) is 15.9 Å². The Morgan fingerprint density at radius 2 is 2.00 bits per heavy atom. The van der Waals surface area contributed by atoms with Crippen LogP contribution in [0.15, 0.2) is 24.3 Å². The third-order valence-electron chi connectivity index (χ3n) is 2.19. The quantitative estimate of drug-likeness (QED) is 0.722. The normalized spacial score (nSPS) is 13.5. The molecule has 0 saturated heterocycles. The number of halogens is 2. The molecule has 16 heavy (non-hydrogen) atoms. The van der Waals surface area contributed by atoms with Gasteiger partial charge in [-0.05, 0) is 11.6 Å². The first-order valence-corrected chi connectivity index (χ1v) is 4.46. The average molecular weight is 231 g/mol. The first-order chi connectivity index (χ1) is 7.40. The minimum atomic E-state index is -3.55. The molecule has 1 atom stereocenters. The fourth-order valence-electron chi connectivity index (χ4n) is 1.29. The number of nitrogens with two attached hydrogens (primary N) is 1. The van der Waals surface area contributed by atoms with Crippen LogP contribution in [0.5, 0.6) is 0 Å². The van der Waals surface area contributed by atoms with E-state index in [2.05, 4.69) is 0 Å². The van der Waals surface area contributed by atoms with Crippen molar-refractivity contribution in [1.29, 1.82) is 0 Å². The molecule has 4 N–H and O–H groups in total. The van der Waals surface area contributed by atoms with E-state index in [9.17, 15) is 13.6 Å². The number of rotatable bonds is 4. The summed E-state index contributed by atoms with van der Waals surface area (Å²) in [7, 11) is 0. The van der Waals surface area contributed by atoms with Crippen LogP contribution in [0.1, 0.15) is 22.0 Å². The van der Waals surface area contributed by atoms with E-state index >= 15 is 0 Å². The molecule has 0 aliphatic carbocycles. The van der Waals surface area contributed by atoms with Crippen LogP contribution in [0.25, 0.3) is 0 Å². The third kappa shape index (κ3) is 2.34. The van der Waals surface area contributed by atoms with Crippen molar-refractivity contribution in [2.45, 2.75) is 12.0 Å². The van der Waals surface area contributed by atoms with Crippen molar-refractivity contribution in [1.82, 2.24) is 0 Å². The molecule has 0 bridgehead atoms. The maximum Gasteiger partial charge on any atom is 0.336 e. The Bertz CT molecular complexity index is 395. The van der Waals surface area contributed by atoms with Crippen molar-refractivity contribution in [2.75, 3.05) is 6.61 Å². The SMILES string of the molecule is N[C@H](c1ccccc1C(=O)O)C(F)(F)CO. The van der Waals surface area contributed by atoms with E-state index in [1.54, 1.807) is 0 Å². The largest absolute Gasteiger partial charge is 0.478 e. The van der Waals surface area contributed by atoms with Gasteiger partial charge >= 0.3 is 5.97 Å². The Morgan fingerprint density at radius 1 is 1.44 bits per heavy atom. The lowest BCUT2D eigenvalue weighted by Crippen LogP contribution is -2.37. The summed E-state index contributed by atoms with van der Waals surface area (Å²) in [4.78, 5) is 10.8. The number of aliphatic hydroxyl groups is 1. The van der Waals surface area contributed by atoms with E-state index in [1.165, 1.54) is 24.3 Å². The van der Waals surface area contributed by atoms with Crippen LogP contribution in [-0.4, -0.2) is 28.7 Å². The minimum Gasteiger partial charge on any atom is -0.478 e.